The van der Waals surface area contributed by atoms with Gasteiger partial charge < -0.3 is 23.8 Å². The lowest BCUT2D eigenvalue weighted by Crippen LogP contribution is -2.50. The van der Waals surface area contributed by atoms with E-state index in [2.05, 4.69) is 19.9 Å². The Labute approximate surface area is 263 Å². The molecule has 1 N–H and O–H groups in total. The Hall–Kier alpha value is -1.93. The average molecular weight is 613 g/mol. The van der Waals surface area contributed by atoms with Gasteiger partial charge in [-0.3, -0.25) is 9.59 Å². The highest BCUT2D eigenvalue weighted by atomic mass is 16.6. The Morgan fingerprint density at radius 1 is 0.674 bits per heavy atom. The fourth-order valence-electron chi connectivity index (χ4n) is 4.93. The zero-order valence-corrected chi connectivity index (χ0v) is 28.4. The second-order valence-electron chi connectivity index (χ2n) is 12.8. The van der Waals surface area contributed by atoms with Crippen molar-refractivity contribution in [3.63, 3.8) is 0 Å². The van der Waals surface area contributed by atoms with E-state index < -0.39 is 18.1 Å². The molecule has 0 saturated carbocycles. The van der Waals surface area contributed by atoms with Gasteiger partial charge in [-0.2, -0.15) is 0 Å². The molecule has 0 rings (SSSR count). The van der Waals surface area contributed by atoms with Crippen LogP contribution in [0.5, 0.6) is 0 Å². The van der Waals surface area contributed by atoms with E-state index in [0.29, 0.717) is 19.3 Å². The molecule has 43 heavy (non-hydrogen) atoms. The number of allylic oxidation sites excluding steroid dienone is 2. The third kappa shape index (κ3) is 26.2. The van der Waals surface area contributed by atoms with Crippen molar-refractivity contribution in [3.8, 4) is 0 Å². The Morgan fingerprint density at radius 3 is 1.77 bits per heavy atom. The molecule has 0 aromatic carbocycles. The Balaban J connectivity index is 4.47. The molecule has 8 heteroatoms. The molecule has 0 amide bonds. The fourth-order valence-corrected chi connectivity index (χ4v) is 4.93. The summed E-state index contributed by atoms with van der Waals surface area (Å²) in [6.07, 6.45) is 24.2. The molecule has 0 saturated heterocycles. The van der Waals surface area contributed by atoms with Crippen LogP contribution in [0.3, 0.4) is 0 Å². The van der Waals surface area contributed by atoms with E-state index in [9.17, 15) is 19.5 Å². The number of carboxylic acid groups (broad SMARTS) is 1. The minimum absolute atomic E-state index is 0.0538. The van der Waals surface area contributed by atoms with E-state index in [1.54, 1.807) is 0 Å². The molecule has 0 aromatic rings. The molecule has 0 heterocycles. The lowest BCUT2D eigenvalue weighted by atomic mass is 10.0. The largest absolute Gasteiger partial charge is 0.477 e. The summed E-state index contributed by atoms with van der Waals surface area (Å²) in [7, 11) is 5.50. The summed E-state index contributed by atoms with van der Waals surface area (Å²) in [6, 6.07) is -0.611. The molecule has 0 bridgehead atoms. The van der Waals surface area contributed by atoms with Gasteiger partial charge in [0.2, 0.25) is 0 Å². The van der Waals surface area contributed by atoms with Gasteiger partial charge in [0.05, 0.1) is 34.4 Å². The Bertz CT molecular complexity index is 732. The van der Waals surface area contributed by atoms with Crippen molar-refractivity contribution in [2.75, 3.05) is 41.0 Å². The van der Waals surface area contributed by atoms with E-state index in [0.717, 1.165) is 32.1 Å². The smallest absolute Gasteiger partial charge is 0.362 e. The summed E-state index contributed by atoms with van der Waals surface area (Å²) in [6.45, 7) is 4.61. The van der Waals surface area contributed by atoms with Crippen LogP contribution in [0.25, 0.3) is 0 Å². The van der Waals surface area contributed by atoms with E-state index in [1.165, 1.54) is 70.6 Å². The minimum Gasteiger partial charge on any atom is -0.477 e. The topological polar surface area (TPSA) is 99.1 Å². The maximum atomic E-state index is 12.6. The number of ether oxygens (including phenoxy) is 3. The summed E-state index contributed by atoms with van der Waals surface area (Å²) in [4.78, 5) is 36.4. The van der Waals surface area contributed by atoms with Crippen LogP contribution in [-0.2, 0) is 28.6 Å². The molecule has 8 nitrogen and oxygen atoms in total. The van der Waals surface area contributed by atoms with Crippen molar-refractivity contribution in [1.82, 2.24) is 0 Å². The third-order valence-corrected chi connectivity index (χ3v) is 7.68. The minimum atomic E-state index is -0.880. The first-order valence-corrected chi connectivity index (χ1v) is 17.2. The Morgan fingerprint density at radius 2 is 1.21 bits per heavy atom. The third-order valence-electron chi connectivity index (χ3n) is 7.68. The summed E-state index contributed by atoms with van der Waals surface area (Å²) in [5.74, 6) is -1.53. The zero-order valence-electron chi connectivity index (χ0n) is 28.4. The van der Waals surface area contributed by atoms with E-state index >= 15 is 0 Å². The lowest BCUT2D eigenvalue weighted by Gasteiger charge is -2.31. The van der Waals surface area contributed by atoms with Crippen LogP contribution in [0.4, 0.5) is 0 Å². The quantitative estimate of drug-likeness (QED) is 0.0380. The number of likely N-dealkylation sites (N-methyl/N-ethyl adjacent to an activating group) is 1. The lowest BCUT2D eigenvalue weighted by molar-refractivity contribution is -0.887. The number of hydrogen-bond acceptors (Lipinski definition) is 6. The van der Waals surface area contributed by atoms with Gasteiger partial charge in [0.25, 0.3) is 0 Å². The van der Waals surface area contributed by atoms with Crippen molar-refractivity contribution < 1.29 is 38.2 Å². The summed E-state index contributed by atoms with van der Waals surface area (Å²) in [5.41, 5.74) is 0. The molecule has 0 aliphatic heterocycles. The second kappa shape index (κ2) is 27.6. The van der Waals surface area contributed by atoms with E-state index in [1.807, 2.05) is 27.2 Å². The first-order chi connectivity index (χ1) is 20.6. The molecule has 2 atom stereocenters. The number of nitrogens with zero attached hydrogens (tertiary/aromatic N) is 1. The predicted molar refractivity (Wildman–Crippen MR) is 174 cm³/mol. The Kier molecular flexibility index (Phi) is 26.4. The molecule has 0 spiro atoms. The maximum Gasteiger partial charge on any atom is 0.362 e. The van der Waals surface area contributed by atoms with Gasteiger partial charge in [-0.05, 0) is 25.7 Å². The number of quaternary nitrogens is 1. The number of aliphatic carboxylic acids is 1. The normalized spacial score (nSPS) is 13.2. The fraction of sp³-hybridized carbons (Fsp3) is 0.857. The van der Waals surface area contributed by atoms with Gasteiger partial charge in [-0.1, -0.05) is 109 Å². The number of esters is 2. The predicted octanol–water partition coefficient (Wildman–Crippen LogP) is 8.02. The van der Waals surface area contributed by atoms with Gasteiger partial charge in [-0.25, -0.2) is 4.79 Å². The van der Waals surface area contributed by atoms with Crippen LogP contribution in [0.15, 0.2) is 12.2 Å². The zero-order chi connectivity index (χ0) is 32.2. The molecule has 0 radical (unpaired) electrons. The highest BCUT2D eigenvalue weighted by Gasteiger charge is 2.31. The van der Waals surface area contributed by atoms with Gasteiger partial charge in [0.1, 0.15) is 6.61 Å². The van der Waals surface area contributed by atoms with Gasteiger partial charge in [0.15, 0.2) is 12.1 Å². The van der Waals surface area contributed by atoms with Crippen molar-refractivity contribution in [2.24, 2.45) is 0 Å². The SMILES string of the molecule is CCCCC/C=C/CCC(=O)OCC(COCCC(C(=O)O)[N+](C)(C)C)OC(=O)CCCCCCCCCCCCCC. The number of carboxylic acids is 1. The molecule has 0 aliphatic carbocycles. The standard InChI is InChI=1S/C35H65NO7/c1-6-8-10-12-14-15-16-17-18-20-22-24-26-34(38)43-31(29-41-28-27-32(35(39)40)36(3,4)5)30-42-33(37)25-23-21-19-13-11-9-7-2/h19,21,31-32H,6-18,20,22-30H2,1-5H3/p+1/b21-19+. The maximum absolute atomic E-state index is 12.6. The van der Waals surface area contributed by atoms with Crippen molar-refractivity contribution in [2.45, 2.75) is 154 Å². The summed E-state index contributed by atoms with van der Waals surface area (Å²) >= 11 is 0. The van der Waals surface area contributed by atoms with Gasteiger partial charge in [0, 0.05) is 19.3 Å². The molecule has 252 valence electrons. The van der Waals surface area contributed by atoms with Crippen LogP contribution in [0.1, 0.15) is 142 Å². The highest BCUT2D eigenvalue weighted by molar-refractivity contribution is 5.72. The molecule has 0 fully saturated rings. The number of carbonyl (C=O) groups is 3. The average Bonchev–Trinajstić information content (AvgIpc) is 2.94. The van der Waals surface area contributed by atoms with Crippen molar-refractivity contribution in [1.29, 1.82) is 0 Å². The molecule has 0 aromatic heterocycles. The van der Waals surface area contributed by atoms with Crippen molar-refractivity contribution in [3.05, 3.63) is 12.2 Å². The van der Waals surface area contributed by atoms with Gasteiger partial charge >= 0.3 is 17.9 Å². The van der Waals surface area contributed by atoms with Gasteiger partial charge in [-0.15, -0.1) is 0 Å². The van der Waals surface area contributed by atoms with Crippen LogP contribution in [0.2, 0.25) is 0 Å². The molecule has 0 aliphatic rings. The van der Waals surface area contributed by atoms with Crippen LogP contribution in [-0.4, -0.2) is 80.6 Å². The summed E-state index contributed by atoms with van der Waals surface area (Å²) < 4.78 is 17.0. The van der Waals surface area contributed by atoms with Crippen LogP contribution in [0, 0.1) is 0 Å². The highest BCUT2D eigenvalue weighted by Crippen LogP contribution is 2.14. The number of hydrogen-bond donors (Lipinski definition) is 1. The first kappa shape index (κ1) is 41.1. The first-order valence-electron chi connectivity index (χ1n) is 17.2. The number of carbonyl (C=O) groups excluding carboxylic acids is 2. The number of unbranched alkanes of at least 4 members (excludes halogenated alkanes) is 14. The van der Waals surface area contributed by atoms with Crippen molar-refractivity contribution >= 4 is 17.9 Å². The second-order valence-corrected chi connectivity index (χ2v) is 12.8. The van der Waals surface area contributed by atoms with Crippen LogP contribution < -0.4 is 0 Å². The number of rotatable bonds is 30. The van der Waals surface area contributed by atoms with Crippen LogP contribution >= 0.6 is 0 Å². The van der Waals surface area contributed by atoms with E-state index in [-0.39, 0.29) is 42.7 Å². The monoisotopic (exact) mass is 612 g/mol. The summed E-state index contributed by atoms with van der Waals surface area (Å²) in [5, 5.41) is 9.53. The van der Waals surface area contributed by atoms with E-state index in [4.69, 9.17) is 14.2 Å². The molecular formula is C35H66NO7+. The molecular weight excluding hydrogens is 546 g/mol. The molecule has 2 unspecified atom stereocenters.